The van der Waals surface area contributed by atoms with Gasteiger partial charge >= 0.3 is 0 Å². The molecule has 0 radical (unpaired) electrons. The molecule has 0 amide bonds. The van der Waals surface area contributed by atoms with Crippen LogP contribution in [-0.2, 0) is 13.0 Å². The van der Waals surface area contributed by atoms with Crippen molar-refractivity contribution < 1.29 is 8.78 Å². The summed E-state index contributed by atoms with van der Waals surface area (Å²) in [4.78, 5) is 25.3. The predicted molar refractivity (Wildman–Crippen MR) is 163 cm³/mol. The molecule has 4 aliphatic rings. The molecule has 2 bridgehead atoms. The van der Waals surface area contributed by atoms with Gasteiger partial charge in [-0.05, 0) is 86.1 Å². The Kier molecular flexibility index (Phi) is 7.58. The quantitative estimate of drug-likeness (QED) is 0.321. The number of nitrogens with one attached hydrogen (secondary N) is 2. The minimum Gasteiger partial charge on any atom is -0.353 e. The minimum absolute atomic E-state index is 0.195. The molecule has 7 nitrogen and oxygen atoms in total. The third-order valence-electron chi connectivity index (χ3n) is 10.2. The molecule has 6 atom stereocenters. The average molecular weight is 577 g/mol. The molecule has 3 aromatic rings. The molecule has 2 aromatic carbocycles. The van der Waals surface area contributed by atoms with E-state index in [1.54, 1.807) is 6.07 Å². The third kappa shape index (κ3) is 5.43. The summed E-state index contributed by atoms with van der Waals surface area (Å²) in [5, 5.41) is 7.98. The monoisotopic (exact) mass is 576 g/mol. The second kappa shape index (κ2) is 11.1. The summed E-state index contributed by atoms with van der Waals surface area (Å²) in [6.07, 6.45) is 4.24. The number of aryl methyl sites for hydroxylation is 2. The number of benzene rings is 2. The van der Waals surface area contributed by atoms with Crippen LogP contribution in [-0.4, -0.2) is 51.6 Å². The van der Waals surface area contributed by atoms with Gasteiger partial charge in [-0.2, -0.15) is 0 Å². The number of hydrogen-bond acceptors (Lipinski definition) is 4. The topological polar surface area (TPSA) is 74.5 Å². The lowest BCUT2D eigenvalue weighted by Crippen LogP contribution is -2.64. The standard InChI is InChI=1S/C33H42F2N6O/c1-19-16-41(17-20(2)37-19)32(39-29-13-23-12-27(21(29)3)33(23,4)5)38-25-8-9-26-30(15-25)36-18-40(31(26)42)11-10-22-6-7-24(34)14-28(22)35/h6-9,14-15,18-21,23,27,29,37H,10-13,16-17H2,1-5H3,(H,38,39)/t19-,20-,21+,23-,27-,29-/m0/s1. The van der Waals surface area contributed by atoms with Crippen molar-refractivity contribution >= 4 is 22.5 Å². The van der Waals surface area contributed by atoms with E-state index in [1.807, 2.05) is 12.1 Å². The predicted octanol–water partition coefficient (Wildman–Crippen LogP) is 5.25. The first-order valence-electron chi connectivity index (χ1n) is 15.3. The van der Waals surface area contributed by atoms with Crippen LogP contribution in [0.1, 0.15) is 53.0 Å². The number of rotatable bonds is 5. The molecule has 2 N–H and O–H groups in total. The first kappa shape index (κ1) is 28.8. The van der Waals surface area contributed by atoms with E-state index >= 15 is 0 Å². The minimum atomic E-state index is -0.618. The van der Waals surface area contributed by atoms with Crippen LogP contribution >= 0.6 is 0 Å². The van der Waals surface area contributed by atoms with Crippen molar-refractivity contribution in [3.05, 3.63) is 70.3 Å². The Morgan fingerprint density at radius 1 is 1.10 bits per heavy atom. The fourth-order valence-electron chi connectivity index (χ4n) is 7.66. The maximum absolute atomic E-state index is 14.1. The van der Waals surface area contributed by atoms with Crippen molar-refractivity contribution in [2.24, 2.45) is 28.2 Å². The van der Waals surface area contributed by atoms with E-state index in [4.69, 9.17) is 4.99 Å². The third-order valence-corrected chi connectivity index (χ3v) is 10.2. The molecule has 7 rings (SSSR count). The molecule has 3 aliphatic carbocycles. The first-order valence-corrected chi connectivity index (χ1v) is 15.3. The van der Waals surface area contributed by atoms with Crippen molar-refractivity contribution in [1.29, 1.82) is 0 Å². The Bertz CT molecular complexity index is 1560. The Morgan fingerprint density at radius 2 is 1.86 bits per heavy atom. The van der Waals surface area contributed by atoms with Gasteiger partial charge in [0.2, 0.25) is 0 Å². The van der Waals surface area contributed by atoms with E-state index in [0.29, 0.717) is 45.9 Å². The molecule has 1 saturated heterocycles. The first-order chi connectivity index (χ1) is 20.0. The molecule has 0 unspecified atom stereocenters. The Hall–Kier alpha value is -3.33. The number of guanidine groups is 1. The molecule has 3 saturated carbocycles. The fraction of sp³-hybridized carbons (Fsp3) is 0.545. The number of piperazine rings is 1. The van der Waals surface area contributed by atoms with E-state index in [1.165, 1.54) is 29.4 Å². The van der Waals surface area contributed by atoms with Gasteiger partial charge in [-0.1, -0.05) is 26.8 Å². The van der Waals surface area contributed by atoms with E-state index in [2.05, 4.69) is 55.1 Å². The van der Waals surface area contributed by atoms with E-state index < -0.39 is 11.6 Å². The van der Waals surface area contributed by atoms with Crippen LogP contribution in [0.2, 0.25) is 0 Å². The Labute approximate surface area is 246 Å². The molecule has 224 valence electrons. The molecule has 1 aliphatic heterocycles. The smallest absolute Gasteiger partial charge is 0.261 e. The molecular formula is C33H42F2N6O. The molecule has 4 fully saturated rings. The highest BCUT2D eigenvalue weighted by Gasteiger charge is 2.56. The highest BCUT2D eigenvalue weighted by atomic mass is 19.1. The van der Waals surface area contributed by atoms with Gasteiger partial charge in [-0.3, -0.25) is 9.36 Å². The lowest BCUT2D eigenvalue weighted by Gasteiger charge is -2.62. The van der Waals surface area contributed by atoms with Gasteiger partial charge < -0.3 is 15.5 Å². The summed E-state index contributed by atoms with van der Waals surface area (Å²) in [6, 6.07) is 10.1. The van der Waals surface area contributed by atoms with E-state index in [9.17, 15) is 13.6 Å². The van der Waals surface area contributed by atoms with Crippen molar-refractivity contribution in [1.82, 2.24) is 25.1 Å². The number of aliphatic imine (C=N–C) groups is 1. The largest absolute Gasteiger partial charge is 0.353 e. The van der Waals surface area contributed by atoms with Crippen molar-refractivity contribution in [2.75, 3.05) is 13.1 Å². The SMILES string of the molecule is C[C@H]1[C@@H](NC(=Nc2ccc3c(=O)n(CCc4ccc(F)cc4F)cnc3c2)N2C[C@H](C)N[C@@H](C)C2)C[C@@H]2C[C@@H]1C2(C)C. The van der Waals surface area contributed by atoms with E-state index in [-0.39, 0.29) is 18.5 Å². The highest BCUT2D eigenvalue weighted by Crippen LogP contribution is 2.61. The van der Waals surface area contributed by atoms with Gasteiger partial charge in [0.15, 0.2) is 5.96 Å². The number of hydrogen-bond donors (Lipinski definition) is 2. The van der Waals surface area contributed by atoms with Crippen LogP contribution in [0.15, 0.2) is 52.5 Å². The van der Waals surface area contributed by atoms with Crippen molar-refractivity contribution in [2.45, 2.75) is 78.6 Å². The summed E-state index contributed by atoms with van der Waals surface area (Å²) in [6.45, 7) is 13.6. The lowest BCUT2D eigenvalue weighted by atomic mass is 9.45. The van der Waals surface area contributed by atoms with Crippen LogP contribution < -0.4 is 16.2 Å². The number of fused-ring (bicyclic) bond motifs is 3. The fourth-order valence-corrected chi connectivity index (χ4v) is 7.66. The number of aromatic nitrogens is 2. The number of halogens is 2. The summed E-state index contributed by atoms with van der Waals surface area (Å²) < 4.78 is 28.8. The molecule has 9 heteroatoms. The maximum Gasteiger partial charge on any atom is 0.261 e. The van der Waals surface area contributed by atoms with Crippen molar-refractivity contribution in [3.63, 3.8) is 0 Å². The zero-order valence-corrected chi connectivity index (χ0v) is 25.2. The highest BCUT2D eigenvalue weighted by molar-refractivity contribution is 5.86. The summed E-state index contributed by atoms with van der Waals surface area (Å²) in [5.74, 6) is 1.69. The summed E-state index contributed by atoms with van der Waals surface area (Å²) >= 11 is 0. The normalized spacial score (nSPS) is 28.9. The van der Waals surface area contributed by atoms with Crippen LogP contribution in [0.4, 0.5) is 14.5 Å². The summed E-state index contributed by atoms with van der Waals surface area (Å²) in [5.41, 5.74) is 1.89. The van der Waals surface area contributed by atoms with E-state index in [0.717, 1.165) is 49.1 Å². The average Bonchev–Trinajstić information content (AvgIpc) is 2.93. The van der Waals surface area contributed by atoms with Crippen LogP contribution in [0.3, 0.4) is 0 Å². The van der Waals surface area contributed by atoms with Crippen LogP contribution in [0.25, 0.3) is 10.9 Å². The zero-order chi connectivity index (χ0) is 29.8. The lowest BCUT2D eigenvalue weighted by molar-refractivity contribution is -0.112. The van der Waals surface area contributed by atoms with Crippen molar-refractivity contribution in [3.8, 4) is 0 Å². The van der Waals surface area contributed by atoms with Gasteiger partial charge in [0, 0.05) is 43.8 Å². The zero-order valence-electron chi connectivity index (χ0n) is 25.2. The van der Waals surface area contributed by atoms with Gasteiger partial charge in [-0.15, -0.1) is 0 Å². The summed E-state index contributed by atoms with van der Waals surface area (Å²) in [7, 11) is 0. The second-order valence-electron chi connectivity index (χ2n) is 13.4. The maximum atomic E-state index is 14.1. The Morgan fingerprint density at radius 3 is 2.55 bits per heavy atom. The number of nitrogens with zero attached hydrogens (tertiary/aromatic N) is 4. The molecule has 2 heterocycles. The molecule has 0 spiro atoms. The molecular weight excluding hydrogens is 534 g/mol. The van der Waals surface area contributed by atoms with Crippen LogP contribution in [0.5, 0.6) is 0 Å². The van der Waals surface area contributed by atoms with Gasteiger partial charge in [0.25, 0.3) is 5.56 Å². The molecule has 1 aromatic heterocycles. The van der Waals surface area contributed by atoms with Crippen LogP contribution in [0, 0.1) is 34.8 Å². The van der Waals surface area contributed by atoms with Gasteiger partial charge in [-0.25, -0.2) is 18.8 Å². The van der Waals surface area contributed by atoms with Gasteiger partial charge in [0.05, 0.1) is 22.9 Å². The Balaban J connectivity index is 1.26. The van der Waals surface area contributed by atoms with Gasteiger partial charge in [0.1, 0.15) is 11.6 Å². The second-order valence-corrected chi connectivity index (χ2v) is 13.4. The molecule has 42 heavy (non-hydrogen) atoms.